The van der Waals surface area contributed by atoms with Gasteiger partial charge in [-0.05, 0) is 57.3 Å². The van der Waals surface area contributed by atoms with E-state index in [1.54, 1.807) is 0 Å². The van der Waals surface area contributed by atoms with Crippen LogP contribution in [0.15, 0.2) is 41.1 Å². The predicted octanol–water partition coefficient (Wildman–Crippen LogP) is 2.85. The summed E-state index contributed by atoms with van der Waals surface area (Å²) in [5.41, 5.74) is 1.99. The Balaban J connectivity index is 1.30. The number of likely N-dealkylation sites (tertiary alicyclic amines) is 1. The maximum atomic E-state index is 5.41. The highest BCUT2D eigenvalue weighted by molar-refractivity contribution is 5.43. The van der Waals surface area contributed by atoms with Crippen molar-refractivity contribution in [3.05, 3.63) is 47.9 Å². The molecule has 2 aromatic heterocycles. The van der Waals surface area contributed by atoms with E-state index in [0.717, 1.165) is 44.7 Å². The highest BCUT2D eigenvalue weighted by atomic mass is 16.5. The van der Waals surface area contributed by atoms with E-state index in [1.807, 2.05) is 16.9 Å². The maximum Gasteiger partial charge on any atom is 0.280 e. The van der Waals surface area contributed by atoms with Crippen LogP contribution in [0.1, 0.15) is 30.7 Å². The first kappa shape index (κ1) is 17.9. The summed E-state index contributed by atoms with van der Waals surface area (Å²) in [5.74, 6) is 1.88. The van der Waals surface area contributed by atoms with Crippen LogP contribution < -0.4 is 0 Å². The molecule has 0 atom stereocenters. The number of aromatic nitrogens is 5. The molecular formula is C20H26N6O. The van der Waals surface area contributed by atoms with Crippen LogP contribution in [0.2, 0.25) is 0 Å². The molecular weight excluding hydrogens is 340 g/mol. The molecule has 0 aliphatic carbocycles. The highest BCUT2D eigenvalue weighted by Crippen LogP contribution is 2.21. The molecule has 0 unspecified atom stereocenters. The van der Waals surface area contributed by atoms with Gasteiger partial charge in [-0.3, -0.25) is 4.68 Å². The van der Waals surface area contributed by atoms with Crippen LogP contribution in [0.4, 0.5) is 0 Å². The van der Waals surface area contributed by atoms with E-state index in [9.17, 15) is 0 Å². The molecule has 0 bridgehead atoms. The molecule has 0 saturated carbocycles. The lowest BCUT2D eigenvalue weighted by Gasteiger charge is -2.27. The van der Waals surface area contributed by atoms with Gasteiger partial charge in [0.25, 0.3) is 5.89 Å². The van der Waals surface area contributed by atoms with Gasteiger partial charge in [0.1, 0.15) is 0 Å². The van der Waals surface area contributed by atoms with E-state index in [2.05, 4.69) is 56.7 Å². The SMILES string of the molecule is CN1CCC(Cc2noc(-c3cn(CCCc4ccccc4)nn3)n2)CC1. The monoisotopic (exact) mass is 366 g/mol. The Morgan fingerprint density at radius 2 is 1.96 bits per heavy atom. The molecule has 0 N–H and O–H groups in total. The van der Waals surface area contributed by atoms with Gasteiger partial charge >= 0.3 is 0 Å². The van der Waals surface area contributed by atoms with E-state index >= 15 is 0 Å². The van der Waals surface area contributed by atoms with Crippen LogP contribution in [0.25, 0.3) is 11.6 Å². The molecule has 7 heteroatoms. The summed E-state index contributed by atoms with van der Waals surface area (Å²) in [6.45, 7) is 3.11. The zero-order valence-corrected chi connectivity index (χ0v) is 15.8. The average molecular weight is 366 g/mol. The number of piperidine rings is 1. The second-order valence-corrected chi connectivity index (χ2v) is 7.42. The third-order valence-corrected chi connectivity index (χ3v) is 5.23. The van der Waals surface area contributed by atoms with Crippen LogP contribution in [0.3, 0.4) is 0 Å². The number of nitrogens with zero attached hydrogens (tertiary/aromatic N) is 6. The van der Waals surface area contributed by atoms with Crippen molar-refractivity contribution < 1.29 is 4.52 Å². The van der Waals surface area contributed by atoms with Crippen molar-refractivity contribution in [3.8, 4) is 11.6 Å². The topological polar surface area (TPSA) is 72.9 Å². The maximum absolute atomic E-state index is 5.41. The predicted molar refractivity (Wildman–Crippen MR) is 102 cm³/mol. The van der Waals surface area contributed by atoms with Gasteiger partial charge in [-0.2, -0.15) is 4.98 Å². The summed E-state index contributed by atoms with van der Waals surface area (Å²) in [7, 11) is 2.17. The summed E-state index contributed by atoms with van der Waals surface area (Å²) < 4.78 is 7.26. The number of hydrogen-bond donors (Lipinski definition) is 0. The number of benzene rings is 1. The van der Waals surface area contributed by atoms with Gasteiger partial charge in [0.05, 0.1) is 6.20 Å². The molecule has 3 aromatic rings. The van der Waals surface area contributed by atoms with Crippen molar-refractivity contribution in [2.75, 3.05) is 20.1 Å². The summed E-state index contributed by atoms with van der Waals surface area (Å²) in [4.78, 5) is 6.90. The van der Waals surface area contributed by atoms with E-state index < -0.39 is 0 Å². The number of rotatable bonds is 7. The molecule has 0 radical (unpaired) electrons. The van der Waals surface area contributed by atoms with E-state index in [-0.39, 0.29) is 0 Å². The Labute approximate surface area is 159 Å². The Kier molecular flexibility index (Phi) is 5.58. The van der Waals surface area contributed by atoms with Gasteiger partial charge in [0, 0.05) is 13.0 Å². The van der Waals surface area contributed by atoms with Gasteiger partial charge in [0.2, 0.25) is 0 Å². The third-order valence-electron chi connectivity index (χ3n) is 5.23. The number of aryl methyl sites for hydroxylation is 2. The Morgan fingerprint density at radius 3 is 2.78 bits per heavy atom. The molecule has 0 spiro atoms. The third kappa shape index (κ3) is 4.80. The first-order chi connectivity index (χ1) is 13.3. The van der Waals surface area contributed by atoms with Gasteiger partial charge < -0.3 is 9.42 Å². The van der Waals surface area contributed by atoms with Crippen molar-refractivity contribution in [1.82, 2.24) is 30.0 Å². The summed E-state index contributed by atoms with van der Waals surface area (Å²) >= 11 is 0. The zero-order valence-electron chi connectivity index (χ0n) is 15.8. The van der Waals surface area contributed by atoms with E-state index in [0.29, 0.717) is 17.5 Å². The normalized spacial score (nSPS) is 16.0. The fourth-order valence-electron chi connectivity index (χ4n) is 3.56. The molecule has 3 heterocycles. The molecule has 1 fully saturated rings. The Hall–Kier alpha value is -2.54. The second kappa shape index (κ2) is 8.43. The minimum absolute atomic E-state index is 0.465. The summed E-state index contributed by atoms with van der Waals surface area (Å²) in [6.07, 6.45) is 7.19. The van der Waals surface area contributed by atoms with Crippen molar-refractivity contribution in [1.29, 1.82) is 0 Å². The minimum Gasteiger partial charge on any atom is -0.332 e. The quantitative estimate of drug-likeness (QED) is 0.640. The zero-order chi connectivity index (χ0) is 18.5. The smallest absolute Gasteiger partial charge is 0.280 e. The Bertz CT molecular complexity index is 835. The first-order valence-corrected chi connectivity index (χ1v) is 9.72. The standard InChI is InChI=1S/C20H26N6O/c1-25-12-9-17(10-13-25)14-19-21-20(27-23-19)18-15-26(24-22-18)11-5-8-16-6-3-2-4-7-16/h2-4,6-7,15,17H,5,8-14H2,1H3. The fraction of sp³-hybridized carbons (Fsp3) is 0.500. The van der Waals surface area contributed by atoms with Crippen LogP contribution in [0.5, 0.6) is 0 Å². The van der Waals surface area contributed by atoms with Crippen molar-refractivity contribution in [2.24, 2.45) is 5.92 Å². The largest absolute Gasteiger partial charge is 0.332 e. The minimum atomic E-state index is 0.465. The molecule has 4 rings (SSSR count). The van der Waals surface area contributed by atoms with Crippen molar-refractivity contribution in [3.63, 3.8) is 0 Å². The molecule has 1 aliphatic heterocycles. The molecule has 7 nitrogen and oxygen atoms in total. The lowest BCUT2D eigenvalue weighted by Crippen LogP contribution is -2.31. The van der Waals surface area contributed by atoms with E-state index in [1.165, 1.54) is 18.4 Å². The van der Waals surface area contributed by atoms with E-state index in [4.69, 9.17) is 4.52 Å². The summed E-state index contributed by atoms with van der Waals surface area (Å²) in [5, 5.41) is 12.5. The van der Waals surface area contributed by atoms with Gasteiger partial charge in [0.15, 0.2) is 11.5 Å². The van der Waals surface area contributed by atoms with Crippen molar-refractivity contribution in [2.45, 2.75) is 38.6 Å². The van der Waals surface area contributed by atoms with Crippen LogP contribution in [-0.2, 0) is 19.4 Å². The fourth-order valence-corrected chi connectivity index (χ4v) is 3.56. The van der Waals surface area contributed by atoms with Gasteiger partial charge in [-0.15, -0.1) is 5.10 Å². The lowest BCUT2D eigenvalue weighted by molar-refractivity contribution is 0.216. The second-order valence-electron chi connectivity index (χ2n) is 7.42. The summed E-state index contributed by atoms with van der Waals surface area (Å²) in [6, 6.07) is 10.5. The average Bonchev–Trinajstić information content (AvgIpc) is 3.34. The number of hydrogen-bond acceptors (Lipinski definition) is 6. The van der Waals surface area contributed by atoms with Gasteiger partial charge in [-0.25, -0.2) is 0 Å². The molecule has 142 valence electrons. The van der Waals surface area contributed by atoms with Gasteiger partial charge in [-0.1, -0.05) is 40.7 Å². The molecule has 1 aliphatic rings. The van der Waals surface area contributed by atoms with Crippen LogP contribution >= 0.6 is 0 Å². The molecule has 1 aromatic carbocycles. The lowest BCUT2D eigenvalue weighted by atomic mass is 9.94. The molecule has 27 heavy (non-hydrogen) atoms. The Morgan fingerprint density at radius 1 is 1.15 bits per heavy atom. The van der Waals surface area contributed by atoms with Crippen molar-refractivity contribution >= 4 is 0 Å². The first-order valence-electron chi connectivity index (χ1n) is 9.72. The van der Waals surface area contributed by atoms with Crippen LogP contribution in [0, 0.1) is 5.92 Å². The molecule has 0 amide bonds. The molecule has 1 saturated heterocycles. The van der Waals surface area contributed by atoms with Crippen LogP contribution in [-0.4, -0.2) is 50.2 Å². The highest BCUT2D eigenvalue weighted by Gasteiger charge is 2.20.